The van der Waals surface area contributed by atoms with Crippen molar-refractivity contribution in [3.63, 3.8) is 0 Å². The molecule has 0 aliphatic rings. The number of hydrogen-bond donors (Lipinski definition) is 1. The van der Waals surface area contributed by atoms with Crippen LogP contribution in [0.1, 0.15) is 28.4 Å². The fourth-order valence-corrected chi connectivity index (χ4v) is 3.37. The van der Waals surface area contributed by atoms with Crippen molar-refractivity contribution in [2.75, 3.05) is 0 Å². The van der Waals surface area contributed by atoms with Crippen molar-refractivity contribution in [1.29, 1.82) is 0 Å². The molecule has 0 aliphatic carbocycles. The van der Waals surface area contributed by atoms with Crippen LogP contribution in [-0.2, 0) is 0 Å². The van der Waals surface area contributed by atoms with E-state index in [2.05, 4.69) is 22.6 Å². The van der Waals surface area contributed by atoms with E-state index in [1.165, 1.54) is 0 Å². The molecule has 0 saturated heterocycles. The van der Waals surface area contributed by atoms with Crippen LogP contribution in [0.3, 0.4) is 0 Å². The van der Waals surface area contributed by atoms with Gasteiger partial charge in [0.2, 0.25) is 0 Å². The first kappa shape index (κ1) is 13.3. The second-order valence-electron chi connectivity index (χ2n) is 4.04. The topological polar surface area (TPSA) is 20.2 Å². The van der Waals surface area contributed by atoms with Gasteiger partial charge in [0.1, 0.15) is 6.10 Å². The van der Waals surface area contributed by atoms with Gasteiger partial charge in [-0.1, -0.05) is 17.7 Å². The zero-order valence-electron chi connectivity index (χ0n) is 9.50. The van der Waals surface area contributed by atoms with Gasteiger partial charge >= 0.3 is 0 Å². The van der Waals surface area contributed by atoms with Gasteiger partial charge in [0.05, 0.1) is 2.88 Å². The highest BCUT2D eigenvalue weighted by molar-refractivity contribution is 14.1. The lowest BCUT2D eigenvalue weighted by Gasteiger charge is -2.13. The molecule has 1 heterocycles. The molecule has 1 nitrogen and oxygen atoms in total. The van der Waals surface area contributed by atoms with Gasteiger partial charge in [-0.25, -0.2) is 0 Å². The van der Waals surface area contributed by atoms with Crippen molar-refractivity contribution in [2.24, 2.45) is 0 Å². The second kappa shape index (κ2) is 5.26. The molecule has 0 bridgehead atoms. The van der Waals surface area contributed by atoms with Gasteiger partial charge in [-0.15, -0.1) is 11.3 Å². The van der Waals surface area contributed by atoms with Crippen LogP contribution in [0, 0.1) is 16.7 Å². The Morgan fingerprint density at radius 3 is 2.47 bits per heavy atom. The standard InChI is InChI=1S/C13H12ClIOS/c1-7-3-10(11(14)4-8(7)2)13(16)9-5-12(15)17-6-9/h3-6,13,16H,1-2H3. The predicted octanol–water partition coefficient (Wildman–Crippen LogP) is 4.70. The molecule has 0 radical (unpaired) electrons. The van der Waals surface area contributed by atoms with E-state index in [4.69, 9.17) is 11.6 Å². The Morgan fingerprint density at radius 1 is 1.24 bits per heavy atom. The quantitative estimate of drug-likeness (QED) is 0.751. The Hall–Kier alpha value is -0.100. The number of aliphatic hydroxyl groups excluding tert-OH is 1. The summed E-state index contributed by atoms with van der Waals surface area (Å²) in [6.07, 6.45) is -0.637. The molecule has 1 N–H and O–H groups in total. The highest BCUT2D eigenvalue weighted by Crippen LogP contribution is 2.32. The van der Waals surface area contributed by atoms with Crippen LogP contribution < -0.4 is 0 Å². The van der Waals surface area contributed by atoms with E-state index in [-0.39, 0.29) is 0 Å². The van der Waals surface area contributed by atoms with E-state index < -0.39 is 6.10 Å². The van der Waals surface area contributed by atoms with E-state index in [9.17, 15) is 5.11 Å². The van der Waals surface area contributed by atoms with Gasteiger partial charge in [-0.2, -0.15) is 0 Å². The lowest BCUT2D eigenvalue weighted by atomic mass is 9.99. The molecule has 0 amide bonds. The molecule has 0 saturated carbocycles. The van der Waals surface area contributed by atoms with Crippen LogP contribution in [0.4, 0.5) is 0 Å². The van der Waals surface area contributed by atoms with Crippen LogP contribution >= 0.6 is 45.5 Å². The summed E-state index contributed by atoms with van der Waals surface area (Å²) in [5.41, 5.74) is 3.98. The van der Waals surface area contributed by atoms with Crippen molar-refractivity contribution < 1.29 is 5.11 Å². The lowest BCUT2D eigenvalue weighted by molar-refractivity contribution is 0.221. The molecule has 1 atom stereocenters. The van der Waals surface area contributed by atoms with Crippen LogP contribution in [-0.4, -0.2) is 5.11 Å². The minimum absolute atomic E-state index is 0.627. The van der Waals surface area contributed by atoms with Crippen LogP contribution in [0.2, 0.25) is 5.02 Å². The largest absolute Gasteiger partial charge is 0.384 e. The maximum Gasteiger partial charge on any atom is 0.106 e. The molecule has 90 valence electrons. The Labute approximate surface area is 124 Å². The average Bonchev–Trinajstić information content (AvgIpc) is 2.69. The summed E-state index contributed by atoms with van der Waals surface area (Å²) < 4.78 is 1.16. The predicted molar refractivity (Wildman–Crippen MR) is 82.0 cm³/mol. The SMILES string of the molecule is Cc1cc(Cl)c(C(O)c2csc(I)c2)cc1C. The first-order valence-electron chi connectivity index (χ1n) is 5.17. The first-order valence-corrected chi connectivity index (χ1v) is 7.51. The summed E-state index contributed by atoms with van der Waals surface area (Å²) >= 11 is 10.1. The Bertz CT molecular complexity index is 550. The van der Waals surface area contributed by atoms with Crippen LogP contribution in [0.25, 0.3) is 0 Å². The highest BCUT2D eigenvalue weighted by Gasteiger charge is 2.16. The van der Waals surface area contributed by atoms with Crippen molar-refractivity contribution in [3.8, 4) is 0 Å². The van der Waals surface area contributed by atoms with Gasteiger partial charge in [-0.3, -0.25) is 0 Å². The van der Waals surface area contributed by atoms with Gasteiger partial charge in [-0.05, 0) is 70.6 Å². The lowest BCUT2D eigenvalue weighted by Crippen LogP contribution is -2.00. The summed E-state index contributed by atoms with van der Waals surface area (Å²) in [6, 6.07) is 5.86. The van der Waals surface area contributed by atoms with Gasteiger partial charge in [0.25, 0.3) is 0 Å². The van der Waals surface area contributed by atoms with E-state index >= 15 is 0 Å². The molecule has 1 aromatic carbocycles. The summed E-state index contributed by atoms with van der Waals surface area (Å²) in [6.45, 7) is 4.05. The molecule has 1 unspecified atom stereocenters. The number of aliphatic hydroxyl groups is 1. The van der Waals surface area contributed by atoms with Crippen molar-refractivity contribution >= 4 is 45.5 Å². The minimum Gasteiger partial charge on any atom is -0.384 e. The molecule has 0 fully saturated rings. The smallest absolute Gasteiger partial charge is 0.106 e. The number of rotatable bonds is 2. The number of halogens is 2. The van der Waals surface area contributed by atoms with Crippen LogP contribution in [0.15, 0.2) is 23.6 Å². The molecular weight excluding hydrogens is 367 g/mol. The maximum atomic E-state index is 10.3. The molecule has 2 aromatic rings. The third kappa shape index (κ3) is 2.84. The van der Waals surface area contributed by atoms with E-state index in [1.807, 2.05) is 37.4 Å². The third-order valence-electron chi connectivity index (χ3n) is 2.81. The normalized spacial score (nSPS) is 12.8. The average molecular weight is 379 g/mol. The minimum atomic E-state index is -0.637. The van der Waals surface area contributed by atoms with Gasteiger partial charge < -0.3 is 5.11 Å². The zero-order chi connectivity index (χ0) is 12.6. The number of benzene rings is 1. The number of thiophene rings is 1. The molecule has 1 aromatic heterocycles. The maximum absolute atomic E-state index is 10.3. The monoisotopic (exact) mass is 378 g/mol. The summed E-state index contributed by atoms with van der Waals surface area (Å²) in [5, 5.41) is 12.9. The number of aryl methyl sites for hydroxylation is 2. The number of hydrogen-bond acceptors (Lipinski definition) is 2. The van der Waals surface area contributed by atoms with Crippen molar-refractivity contribution in [2.45, 2.75) is 20.0 Å². The summed E-state index contributed by atoms with van der Waals surface area (Å²) in [4.78, 5) is 0. The first-order chi connectivity index (χ1) is 7.99. The molecule has 0 aliphatic heterocycles. The van der Waals surface area contributed by atoms with Gasteiger partial charge in [0, 0.05) is 10.6 Å². The Kier molecular flexibility index (Phi) is 4.13. The van der Waals surface area contributed by atoms with E-state index in [0.29, 0.717) is 5.02 Å². The van der Waals surface area contributed by atoms with Crippen molar-refractivity contribution in [3.05, 3.63) is 53.7 Å². The fourth-order valence-electron chi connectivity index (χ4n) is 1.66. The summed E-state index contributed by atoms with van der Waals surface area (Å²) in [5.74, 6) is 0. The van der Waals surface area contributed by atoms with Gasteiger partial charge in [0.15, 0.2) is 0 Å². The molecule has 17 heavy (non-hydrogen) atoms. The molecular formula is C13H12ClIOS. The third-order valence-corrected chi connectivity index (χ3v) is 4.95. The molecule has 0 spiro atoms. The van der Waals surface area contributed by atoms with Crippen LogP contribution in [0.5, 0.6) is 0 Å². The highest BCUT2D eigenvalue weighted by atomic mass is 127. The Morgan fingerprint density at radius 2 is 1.88 bits per heavy atom. The Balaban J connectivity index is 2.43. The van der Waals surface area contributed by atoms with E-state index in [1.54, 1.807) is 11.3 Å². The molecule has 4 heteroatoms. The fraction of sp³-hybridized carbons (Fsp3) is 0.231. The zero-order valence-corrected chi connectivity index (χ0v) is 13.2. The molecule has 2 rings (SSSR count). The van der Waals surface area contributed by atoms with E-state index in [0.717, 1.165) is 25.1 Å². The van der Waals surface area contributed by atoms with Crippen molar-refractivity contribution in [1.82, 2.24) is 0 Å². The second-order valence-corrected chi connectivity index (χ2v) is 7.26. The summed E-state index contributed by atoms with van der Waals surface area (Å²) in [7, 11) is 0.